The molecule has 1 unspecified atom stereocenters. The van der Waals surface area contributed by atoms with Gasteiger partial charge in [-0.1, -0.05) is 66.0 Å². The third kappa shape index (κ3) is 3.76. The van der Waals surface area contributed by atoms with Crippen molar-refractivity contribution in [3.8, 4) is 0 Å². The lowest BCUT2D eigenvalue weighted by molar-refractivity contribution is 0.198. The van der Waals surface area contributed by atoms with E-state index >= 15 is 0 Å². The smallest absolute Gasteiger partial charge is 0.0761 e. The fourth-order valence-corrected chi connectivity index (χ4v) is 2.10. The van der Waals surface area contributed by atoms with E-state index in [1.165, 1.54) is 0 Å². The van der Waals surface area contributed by atoms with Crippen LogP contribution < -0.4 is 0 Å². The topological polar surface area (TPSA) is 20.2 Å². The molecule has 0 aliphatic rings. The lowest BCUT2D eigenvalue weighted by Crippen LogP contribution is -2.08. The molecule has 88 valence electrons. The maximum absolute atomic E-state index is 9.99. The van der Waals surface area contributed by atoms with Crippen molar-refractivity contribution in [2.24, 2.45) is 0 Å². The van der Waals surface area contributed by atoms with E-state index in [0.29, 0.717) is 0 Å². The van der Waals surface area contributed by atoms with Crippen molar-refractivity contribution in [3.63, 3.8) is 0 Å². The van der Waals surface area contributed by atoms with Crippen molar-refractivity contribution in [2.45, 2.75) is 39.2 Å². The number of hydrogen-bond donors (Lipinski definition) is 1. The molecule has 0 aliphatic heterocycles. The van der Waals surface area contributed by atoms with Crippen molar-refractivity contribution >= 4 is 20.4 Å². The van der Waals surface area contributed by atoms with E-state index in [1.54, 1.807) is 0 Å². The molecule has 0 amide bonds. The molecule has 0 fully saturated rings. The van der Waals surface area contributed by atoms with Gasteiger partial charge in [0.15, 0.2) is 0 Å². The Morgan fingerprint density at radius 3 is 2.50 bits per heavy atom. The summed E-state index contributed by atoms with van der Waals surface area (Å²) >= 11 is 3.56. The molecule has 1 rings (SSSR count). The van der Waals surface area contributed by atoms with Crippen LogP contribution in [-0.2, 0) is 0 Å². The Kier molecular flexibility index (Phi) is 5.78. The summed E-state index contributed by atoms with van der Waals surface area (Å²) in [5, 5.41) is 9.99. The Hall–Kier alpha value is -0.600. The number of hydrogen-bond acceptors (Lipinski definition) is 1. The summed E-state index contributed by atoms with van der Waals surface area (Å²) in [4.78, 5) is 0. The number of benzene rings is 1. The fourth-order valence-electron chi connectivity index (χ4n) is 1.57. The van der Waals surface area contributed by atoms with Gasteiger partial charge in [-0.05, 0) is 24.5 Å². The van der Waals surface area contributed by atoms with Crippen LogP contribution in [0.3, 0.4) is 0 Å². The SMILES string of the molecule is CCCCC(O)/C(C)=C(\Br)c1ccccc1. The fraction of sp³-hybridized carbons (Fsp3) is 0.429. The molecule has 0 spiro atoms. The molecular formula is C14H19BrO. The van der Waals surface area contributed by atoms with Crippen LogP contribution in [0, 0.1) is 0 Å². The first kappa shape index (κ1) is 13.5. The van der Waals surface area contributed by atoms with E-state index < -0.39 is 0 Å². The Morgan fingerprint density at radius 2 is 1.94 bits per heavy atom. The first-order chi connectivity index (χ1) is 7.66. The van der Waals surface area contributed by atoms with Crippen LogP contribution in [0.25, 0.3) is 4.48 Å². The zero-order chi connectivity index (χ0) is 12.0. The maximum atomic E-state index is 9.99. The summed E-state index contributed by atoms with van der Waals surface area (Å²) in [6, 6.07) is 10.1. The van der Waals surface area contributed by atoms with Crippen LogP contribution in [0.5, 0.6) is 0 Å². The molecule has 1 aromatic carbocycles. The molecule has 1 N–H and O–H groups in total. The Bertz CT molecular complexity index is 343. The highest BCUT2D eigenvalue weighted by molar-refractivity contribution is 9.15. The van der Waals surface area contributed by atoms with E-state index in [-0.39, 0.29) is 6.10 Å². The minimum atomic E-state index is -0.338. The lowest BCUT2D eigenvalue weighted by atomic mass is 10.0. The van der Waals surface area contributed by atoms with E-state index in [2.05, 4.69) is 22.9 Å². The number of aliphatic hydroxyl groups excluding tert-OH is 1. The van der Waals surface area contributed by atoms with Crippen LogP contribution in [0.1, 0.15) is 38.7 Å². The second-order valence-electron chi connectivity index (χ2n) is 4.02. The van der Waals surface area contributed by atoms with Gasteiger partial charge < -0.3 is 5.11 Å². The maximum Gasteiger partial charge on any atom is 0.0761 e. The predicted octanol–water partition coefficient (Wildman–Crippen LogP) is 4.36. The lowest BCUT2D eigenvalue weighted by Gasteiger charge is -2.13. The molecule has 0 radical (unpaired) electrons. The molecule has 0 aliphatic carbocycles. The van der Waals surface area contributed by atoms with Crippen molar-refractivity contribution in [1.29, 1.82) is 0 Å². The van der Waals surface area contributed by atoms with Crippen molar-refractivity contribution in [3.05, 3.63) is 41.5 Å². The third-order valence-electron chi connectivity index (χ3n) is 2.70. The number of halogens is 1. The molecule has 0 bridgehead atoms. The predicted molar refractivity (Wildman–Crippen MR) is 73.5 cm³/mol. The Balaban J connectivity index is 2.79. The highest BCUT2D eigenvalue weighted by Crippen LogP contribution is 2.27. The van der Waals surface area contributed by atoms with E-state index in [9.17, 15) is 5.11 Å². The van der Waals surface area contributed by atoms with Gasteiger partial charge in [0, 0.05) is 4.48 Å². The van der Waals surface area contributed by atoms with Crippen LogP contribution >= 0.6 is 15.9 Å². The van der Waals surface area contributed by atoms with E-state index in [0.717, 1.165) is 34.9 Å². The molecule has 0 heterocycles. The van der Waals surface area contributed by atoms with Crippen molar-refractivity contribution in [2.75, 3.05) is 0 Å². The van der Waals surface area contributed by atoms with Gasteiger partial charge in [0.2, 0.25) is 0 Å². The van der Waals surface area contributed by atoms with Gasteiger partial charge in [-0.25, -0.2) is 0 Å². The normalized spacial score (nSPS) is 14.5. The standard InChI is InChI=1S/C14H19BrO/c1-3-4-10-13(16)11(2)14(15)12-8-6-5-7-9-12/h5-9,13,16H,3-4,10H2,1-2H3/b14-11-. The number of unbranched alkanes of at least 4 members (excludes halogenated alkanes) is 1. The molecule has 1 atom stereocenters. The molecule has 2 heteroatoms. The quantitative estimate of drug-likeness (QED) is 0.851. The molecule has 0 saturated heterocycles. The first-order valence-electron chi connectivity index (χ1n) is 5.76. The summed E-state index contributed by atoms with van der Waals surface area (Å²) in [6.07, 6.45) is 2.68. The number of rotatable bonds is 5. The second kappa shape index (κ2) is 6.87. The molecule has 1 aromatic rings. The molecule has 16 heavy (non-hydrogen) atoms. The highest BCUT2D eigenvalue weighted by Gasteiger charge is 2.10. The van der Waals surface area contributed by atoms with E-state index in [4.69, 9.17) is 0 Å². The van der Waals surface area contributed by atoms with Crippen molar-refractivity contribution < 1.29 is 5.11 Å². The average molecular weight is 283 g/mol. The van der Waals surface area contributed by atoms with Gasteiger partial charge in [-0.2, -0.15) is 0 Å². The highest BCUT2D eigenvalue weighted by atomic mass is 79.9. The van der Waals surface area contributed by atoms with Gasteiger partial charge in [0.05, 0.1) is 6.10 Å². The van der Waals surface area contributed by atoms with Gasteiger partial charge >= 0.3 is 0 Å². The Labute approximate surface area is 106 Å². The summed E-state index contributed by atoms with van der Waals surface area (Å²) in [5.41, 5.74) is 2.13. The molecule has 0 aromatic heterocycles. The summed E-state index contributed by atoms with van der Waals surface area (Å²) in [7, 11) is 0. The van der Waals surface area contributed by atoms with Crippen LogP contribution in [-0.4, -0.2) is 11.2 Å². The minimum absolute atomic E-state index is 0.338. The Morgan fingerprint density at radius 1 is 1.31 bits per heavy atom. The average Bonchev–Trinajstić information content (AvgIpc) is 2.35. The third-order valence-corrected chi connectivity index (χ3v) is 3.79. The van der Waals surface area contributed by atoms with Gasteiger partial charge in [0.1, 0.15) is 0 Å². The van der Waals surface area contributed by atoms with Gasteiger partial charge in [0.25, 0.3) is 0 Å². The minimum Gasteiger partial charge on any atom is -0.389 e. The summed E-state index contributed by atoms with van der Waals surface area (Å²) < 4.78 is 1.01. The first-order valence-corrected chi connectivity index (χ1v) is 6.55. The number of aliphatic hydroxyl groups is 1. The second-order valence-corrected chi connectivity index (χ2v) is 4.81. The van der Waals surface area contributed by atoms with Crippen LogP contribution in [0.4, 0.5) is 0 Å². The zero-order valence-electron chi connectivity index (χ0n) is 9.91. The summed E-state index contributed by atoms with van der Waals surface area (Å²) in [6.45, 7) is 4.12. The van der Waals surface area contributed by atoms with Gasteiger partial charge in [-0.3, -0.25) is 0 Å². The molecule has 0 saturated carbocycles. The van der Waals surface area contributed by atoms with E-state index in [1.807, 2.05) is 37.3 Å². The van der Waals surface area contributed by atoms with Crippen LogP contribution in [0.2, 0.25) is 0 Å². The largest absolute Gasteiger partial charge is 0.389 e. The summed E-state index contributed by atoms with van der Waals surface area (Å²) in [5.74, 6) is 0. The van der Waals surface area contributed by atoms with Gasteiger partial charge in [-0.15, -0.1) is 0 Å². The van der Waals surface area contributed by atoms with Crippen molar-refractivity contribution in [1.82, 2.24) is 0 Å². The zero-order valence-corrected chi connectivity index (χ0v) is 11.5. The molecule has 1 nitrogen and oxygen atoms in total. The monoisotopic (exact) mass is 282 g/mol. The molecular weight excluding hydrogens is 264 g/mol. The van der Waals surface area contributed by atoms with Crippen LogP contribution in [0.15, 0.2) is 35.9 Å².